The van der Waals surface area contributed by atoms with Gasteiger partial charge in [-0.2, -0.15) is 0 Å². The van der Waals surface area contributed by atoms with Gasteiger partial charge in [-0.05, 0) is 56.0 Å². The molecule has 0 unspecified atom stereocenters. The first-order valence-corrected chi connectivity index (χ1v) is 10.6. The summed E-state index contributed by atoms with van der Waals surface area (Å²) in [6.45, 7) is 4.00. The standard InChI is InChI=1S/C22H29N3O3/c1-28-17-5-2-4-16(12-17)18-13-25(20(27)14-24-9-3-6-19(24)26)21-15-7-10-23(11-8-15)22(18)21/h2,4-5,12,15,18,21-22H,3,6-11,13-14H2,1H3/t18-,21-,22-/m0/s1. The van der Waals surface area contributed by atoms with E-state index in [1.54, 1.807) is 12.0 Å². The molecule has 5 aliphatic rings. The molecule has 6 heteroatoms. The highest BCUT2D eigenvalue weighted by Gasteiger charge is 2.54. The van der Waals surface area contributed by atoms with Gasteiger partial charge in [0.05, 0.1) is 19.7 Å². The first-order chi connectivity index (χ1) is 13.7. The summed E-state index contributed by atoms with van der Waals surface area (Å²) in [6, 6.07) is 8.99. The van der Waals surface area contributed by atoms with E-state index in [1.807, 2.05) is 12.1 Å². The van der Waals surface area contributed by atoms with E-state index in [1.165, 1.54) is 18.4 Å². The number of rotatable bonds is 4. The number of nitrogens with zero attached hydrogens (tertiary/aromatic N) is 3. The van der Waals surface area contributed by atoms with Gasteiger partial charge in [0.1, 0.15) is 5.75 Å². The van der Waals surface area contributed by atoms with Gasteiger partial charge in [-0.3, -0.25) is 14.5 Å². The van der Waals surface area contributed by atoms with Gasteiger partial charge in [0, 0.05) is 31.5 Å². The molecule has 5 fully saturated rings. The second kappa shape index (κ2) is 7.07. The number of methoxy groups -OCH3 is 1. The van der Waals surface area contributed by atoms with E-state index in [9.17, 15) is 9.59 Å². The van der Waals surface area contributed by atoms with Crippen LogP contribution in [0.4, 0.5) is 0 Å². The zero-order valence-electron chi connectivity index (χ0n) is 16.5. The van der Waals surface area contributed by atoms with Crippen LogP contribution in [0.25, 0.3) is 0 Å². The van der Waals surface area contributed by atoms with E-state index in [4.69, 9.17) is 4.74 Å². The molecule has 6 rings (SSSR count). The topological polar surface area (TPSA) is 53.1 Å². The highest BCUT2D eigenvalue weighted by Crippen LogP contribution is 2.46. The molecule has 0 radical (unpaired) electrons. The van der Waals surface area contributed by atoms with Crippen molar-refractivity contribution in [3.63, 3.8) is 0 Å². The molecule has 3 atom stereocenters. The first-order valence-electron chi connectivity index (χ1n) is 10.6. The van der Waals surface area contributed by atoms with Crippen LogP contribution < -0.4 is 4.74 Å². The molecule has 1 aromatic carbocycles. The highest BCUT2D eigenvalue weighted by molar-refractivity contribution is 5.86. The maximum Gasteiger partial charge on any atom is 0.242 e. The molecule has 5 heterocycles. The van der Waals surface area contributed by atoms with E-state index in [0.717, 1.165) is 38.3 Å². The number of ether oxygens (including phenoxy) is 1. The summed E-state index contributed by atoms with van der Waals surface area (Å²) >= 11 is 0. The Labute approximate surface area is 166 Å². The Morgan fingerprint density at radius 3 is 2.71 bits per heavy atom. The molecule has 1 aromatic rings. The van der Waals surface area contributed by atoms with Crippen LogP contribution in [0.1, 0.15) is 37.2 Å². The van der Waals surface area contributed by atoms with Crippen molar-refractivity contribution < 1.29 is 14.3 Å². The normalized spacial score (nSPS) is 34.0. The number of fused-ring (bicyclic) bond motifs is 2. The molecule has 2 bridgehead atoms. The molecule has 0 N–H and O–H groups in total. The maximum absolute atomic E-state index is 13.3. The van der Waals surface area contributed by atoms with E-state index in [2.05, 4.69) is 21.9 Å². The van der Waals surface area contributed by atoms with Crippen molar-refractivity contribution in [2.45, 2.75) is 43.7 Å². The molecule has 6 nitrogen and oxygen atoms in total. The molecule has 0 spiro atoms. The SMILES string of the molecule is COc1cccc([C@@H]2CN(C(=O)CN3CCCC3=O)[C@H]3C4CCN(CC4)[C@@H]23)c1. The molecular formula is C22H29N3O3. The van der Waals surface area contributed by atoms with Crippen molar-refractivity contribution in [2.75, 3.05) is 39.8 Å². The van der Waals surface area contributed by atoms with Crippen LogP contribution in [0.2, 0.25) is 0 Å². The van der Waals surface area contributed by atoms with Crippen LogP contribution in [0.15, 0.2) is 24.3 Å². The largest absolute Gasteiger partial charge is 0.497 e. The first kappa shape index (κ1) is 18.0. The summed E-state index contributed by atoms with van der Waals surface area (Å²) in [5.41, 5.74) is 1.26. The average Bonchev–Trinajstić information content (AvgIpc) is 3.34. The Balaban J connectivity index is 1.43. The number of carbonyl (C=O) groups is 2. The minimum absolute atomic E-state index is 0.127. The fraction of sp³-hybridized carbons (Fsp3) is 0.636. The van der Waals surface area contributed by atoms with Crippen molar-refractivity contribution >= 4 is 11.8 Å². The van der Waals surface area contributed by atoms with Crippen LogP contribution in [0, 0.1) is 5.92 Å². The molecule has 2 amide bonds. The van der Waals surface area contributed by atoms with E-state index in [-0.39, 0.29) is 24.4 Å². The number of piperidine rings is 3. The van der Waals surface area contributed by atoms with Crippen LogP contribution in [0.5, 0.6) is 5.75 Å². The summed E-state index contributed by atoms with van der Waals surface area (Å²) in [4.78, 5) is 31.8. The number of likely N-dealkylation sites (tertiary alicyclic amines) is 2. The third-order valence-electron chi connectivity index (χ3n) is 7.33. The van der Waals surface area contributed by atoms with Gasteiger partial charge in [-0.1, -0.05) is 12.1 Å². The molecule has 5 aliphatic heterocycles. The average molecular weight is 383 g/mol. The smallest absolute Gasteiger partial charge is 0.242 e. The lowest BCUT2D eigenvalue weighted by molar-refractivity contribution is -0.141. The fourth-order valence-corrected chi connectivity index (χ4v) is 6.00. The third kappa shape index (κ3) is 2.89. The molecule has 28 heavy (non-hydrogen) atoms. The maximum atomic E-state index is 13.3. The Morgan fingerprint density at radius 1 is 1.18 bits per heavy atom. The van der Waals surface area contributed by atoms with Gasteiger partial charge in [-0.15, -0.1) is 0 Å². The van der Waals surface area contributed by atoms with Crippen LogP contribution >= 0.6 is 0 Å². The Hall–Kier alpha value is -2.08. The molecular weight excluding hydrogens is 354 g/mol. The van der Waals surface area contributed by atoms with Crippen molar-refractivity contribution in [2.24, 2.45) is 5.92 Å². The van der Waals surface area contributed by atoms with E-state index in [0.29, 0.717) is 24.3 Å². The summed E-state index contributed by atoms with van der Waals surface area (Å²) in [7, 11) is 1.70. The lowest BCUT2D eigenvalue weighted by Crippen LogP contribution is -2.61. The second-order valence-electron chi connectivity index (χ2n) is 8.70. The van der Waals surface area contributed by atoms with Crippen molar-refractivity contribution in [3.05, 3.63) is 29.8 Å². The van der Waals surface area contributed by atoms with E-state index < -0.39 is 0 Å². The molecule has 0 aliphatic carbocycles. The predicted octanol–water partition coefficient (Wildman–Crippen LogP) is 1.71. The van der Waals surface area contributed by atoms with Gasteiger partial charge in [0.15, 0.2) is 0 Å². The summed E-state index contributed by atoms with van der Waals surface area (Å²) < 4.78 is 5.45. The van der Waals surface area contributed by atoms with E-state index >= 15 is 0 Å². The molecule has 5 saturated heterocycles. The number of carbonyl (C=O) groups excluding carboxylic acids is 2. The van der Waals surface area contributed by atoms with Crippen LogP contribution in [0.3, 0.4) is 0 Å². The quantitative estimate of drug-likeness (QED) is 0.794. The zero-order chi connectivity index (χ0) is 19.3. The Kier molecular flexibility index (Phi) is 4.54. The highest BCUT2D eigenvalue weighted by atomic mass is 16.5. The minimum Gasteiger partial charge on any atom is -0.497 e. The zero-order valence-corrected chi connectivity index (χ0v) is 16.5. The molecule has 150 valence electrons. The van der Waals surface area contributed by atoms with Gasteiger partial charge in [0.2, 0.25) is 11.8 Å². The summed E-state index contributed by atoms with van der Waals surface area (Å²) in [5.74, 6) is 2.02. The number of hydrogen-bond donors (Lipinski definition) is 0. The summed E-state index contributed by atoms with van der Waals surface area (Å²) in [5, 5.41) is 0. The van der Waals surface area contributed by atoms with Crippen LogP contribution in [-0.4, -0.2) is 78.4 Å². The molecule has 0 aromatic heterocycles. The fourth-order valence-electron chi connectivity index (χ4n) is 6.00. The number of hydrogen-bond acceptors (Lipinski definition) is 4. The number of amides is 2. The summed E-state index contributed by atoms with van der Waals surface area (Å²) in [6.07, 6.45) is 3.82. The number of benzene rings is 1. The van der Waals surface area contributed by atoms with Gasteiger partial charge in [0.25, 0.3) is 0 Å². The van der Waals surface area contributed by atoms with Crippen LogP contribution in [-0.2, 0) is 9.59 Å². The third-order valence-corrected chi connectivity index (χ3v) is 7.33. The Morgan fingerprint density at radius 2 is 2.00 bits per heavy atom. The van der Waals surface area contributed by atoms with Crippen molar-refractivity contribution in [1.29, 1.82) is 0 Å². The van der Waals surface area contributed by atoms with Crippen molar-refractivity contribution in [1.82, 2.24) is 14.7 Å². The Bertz CT molecular complexity index is 774. The lowest BCUT2D eigenvalue weighted by Gasteiger charge is -2.51. The lowest BCUT2D eigenvalue weighted by atomic mass is 9.75. The molecule has 0 saturated carbocycles. The predicted molar refractivity (Wildman–Crippen MR) is 105 cm³/mol. The van der Waals surface area contributed by atoms with Gasteiger partial charge >= 0.3 is 0 Å². The monoisotopic (exact) mass is 383 g/mol. The minimum atomic E-state index is 0.127. The van der Waals surface area contributed by atoms with Crippen molar-refractivity contribution in [3.8, 4) is 5.75 Å². The van der Waals surface area contributed by atoms with Gasteiger partial charge < -0.3 is 14.5 Å². The van der Waals surface area contributed by atoms with Gasteiger partial charge in [-0.25, -0.2) is 0 Å². The second-order valence-corrected chi connectivity index (χ2v) is 8.70.